The smallest absolute Gasteiger partial charge is 0.241 e. The number of rotatable bonds is 7. The molecule has 3 unspecified atom stereocenters. The van der Waals surface area contributed by atoms with E-state index in [1.807, 2.05) is 6.92 Å². The fourth-order valence-corrected chi connectivity index (χ4v) is 3.95. The summed E-state index contributed by atoms with van der Waals surface area (Å²) >= 11 is 5.96. The van der Waals surface area contributed by atoms with Crippen molar-refractivity contribution in [2.45, 2.75) is 43.9 Å². The lowest BCUT2D eigenvalue weighted by Gasteiger charge is -2.23. The number of benzene rings is 2. The van der Waals surface area contributed by atoms with Gasteiger partial charge in [-0.15, -0.1) is 0 Å². The lowest BCUT2D eigenvalue weighted by molar-refractivity contribution is -0.125. The van der Waals surface area contributed by atoms with E-state index in [1.165, 1.54) is 19.1 Å². The van der Waals surface area contributed by atoms with Crippen LogP contribution in [0.15, 0.2) is 53.4 Å². The minimum Gasteiger partial charge on any atom is -0.391 e. The van der Waals surface area contributed by atoms with Crippen LogP contribution >= 0.6 is 11.6 Å². The second kappa shape index (κ2) is 8.84. The van der Waals surface area contributed by atoms with E-state index in [2.05, 4.69) is 10.0 Å². The van der Waals surface area contributed by atoms with Crippen molar-refractivity contribution in [1.29, 1.82) is 0 Å². The molecule has 0 aliphatic carbocycles. The van der Waals surface area contributed by atoms with E-state index in [-0.39, 0.29) is 4.90 Å². The van der Waals surface area contributed by atoms with Crippen molar-refractivity contribution in [2.24, 2.45) is 0 Å². The molecule has 0 aromatic heterocycles. The van der Waals surface area contributed by atoms with Gasteiger partial charge in [-0.2, -0.15) is 4.72 Å². The Kier molecular flexibility index (Phi) is 7.00. The highest BCUT2D eigenvalue weighted by Gasteiger charge is 2.30. The van der Waals surface area contributed by atoms with Crippen molar-refractivity contribution < 1.29 is 18.3 Å². The summed E-state index contributed by atoms with van der Waals surface area (Å²) in [5.74, 6) is -0.631. The van der Waals surface area contributed by atoms with Crippen molar-refractivity contribution in [3.8, 4) is 0 Å². The number of carbonyl (C=O) groups excluding carboxylic acids is 1. The van der Waals surface area contributed by atoms with E-state index >= 15 is 0 Å². The molecule has 0 saturated carbocycles. The third-order valence-corrected chi connectivity index (χ3v) is 5.78. The van der Waals surface area contributed by atoms with Crippen LogP contribution in [0.5, 0.6) is 0 Å². The first-order valence-electron chi connectivity index (χ1n) is 8.43. The van der Waals surface area contributed by atoms with Gasteiger partial charge in [0.15, 0.2) is 0 Å². The second-order valence-electron chi connectivity index (χ2n) is 6.44. The Morgan fingerprint density at radius 3 is 2.30 bits per heavy atom. The molecule has 2 aromatic carbocycles. The predicted molar refractivity (Wildman–Crippen MR) is 105 cm³/mol. The molecule has 1 amide bonds. The van der Waals surface area contributed by atoms with Crippen molar-refractivity contribution in [3.05, 3.63) is 64.7 Å². The van der Waals surface area contributed by atoms with Gasteiger partial charge in [0.05, 0.1) is 17.0 Å². The van der Waals surface area contributed by atoms with E-state index in [0.717, 1.165) is 11.1 Å². The first-order chi connectivity index (χ1) is 12.6. The Morgan fingerprint density at radius 2 is 1.74 bits per heavy atom. The Labute approximate surface area is 164 Å². The number of hydrogen-bond acceptors (Lipinski definition) is 4. The normalized spacial score (nSPS) is 15.0. The zero-order valence-electron chi connectivity index (χ0n) is 15.3. The van der Waals surface area contributed by atoms with Crippen molar-refractivity contribution >= 4 is 27.5 Å². The summed E-state index contributed by atoms with van der Waals surface area (Å²) in [6.45, 7) is 4.94. The quantitative estimate of drug-likeness (QED) is 0.653. The van der Waals surface area contributed by atoms with Gasteiger partial charge >= 0.3 is 0 Å². The molecular formula is C19H23ClN2O4S. The minimum atomic E-state index is -3.97. The molecule has 2 aromatic rings. The van der Waals surface area contributed by atoms with Crippen LogP contribution in [0.1, 0.15) is 31.0 Å². The fourth-order valence-electron chi connectivity index (χ4n) is 2.49. The maximum Gasteiger partial charge on any atom is 0.241 e. The average Bonchev–Trinajstić information content (AvgIpc) is 2.59. The molecule has 0 fully saturated rings. The first-order valence-corrected chi connectivity index (χ1v) is 10.3. The summed E-state index contributed by atoms with van der Waals surface area (Å²) in [6.07, 6.45) is -1.23. The molecule has 0 aliphatic rings. The van der Waals surface area contributed by atoms with Crippen LogP contribution in [0.4, 0.5) is 0 Å². The monoisotopic (exact) mass is 410 g/mol. The van der Waals surface area contributed by atoms with Gasteiger partial charge in [-0.1, -0.05) is 41.4 Å². The first kappa shape index (κ1) is 21.4. The minimum absolute atomic E-state index is 0.0226. The molecule has 0 bridgehead atoms. The summed E-state index contributed by atoms with van der Waals surface area (Å²) in [5.41, 5.74) is 1.68. The molecule has 2 rings (SSSR count). The number of amides is 1. The Hall–Kier alpha value is -1.93. The van der Waals surface area contributed by atoms with Gasteiger partial charge in [0.2, 0.25) is 15.9 Å². The van der Waals surface area contributed by atoms with E-state index in [0.29, 0.717) is 5.02 Å². The predicted octanol–water partition coefficient (Wildman–Crippen LogP) is 2.55. The Morgan fingerprint density at radius 1 is 1.11 bits per heavy atom. The third kappa shape index (κ3) is 5.77. The summed E-state index contributed by atoms with van der Waals surface area (Å²) in [7, 11) is -3.97. The van der Waals surface area contributed by atoms with E-state index < -0.39 is 34.1 Å². The van der Waals surface area contributed by atoms with Crippen LogP contribution in [0, 0.1) is 6.92 Å². The highest BCUT2D eigenvalue weighted by Crippen LogP contribution is 2.18. The van der Waals surface area contributed by atoms with Crippen LogP contribution < -0.4 is 10.0 Å². The standard InChI is InChI=1S/C19H23ClN2O4S/c1-12-7-9-17(10-8-12)27(25,26)22-18(14(3)23)19(24)21-13(2)15-5-4-6-16(20)11-15/h4-11,13-14,18,22-23H,1-3H3,(H,21,24). The van der Waals surface area contributed by atoms with Gasteiger partial charge in [-0.3, -0.25) is 4.79 Å². The van der Waals surface area contributed by atoms with Crippen molar-refractivity contribution in [2.75, 3.05) is 0 Å². The number of aliphatic hydroxyl groups is 1. The van der Waals surface area contributed by atoms with E-state index in [4.69, 9.17) is 11.6 Å². The number of nitrogens with one attached hydrogen (secondary N) is 2. The summed E-state index contributed by atoms with van der Waals surface area (Å²) in [4.78, 5) is 12.6. The molecule has 27 heavy (non-hydrogen) atoms. The number of carbonyl (C=O) groups is 1. The molecule has 0 radical (unpaired) electrons. The number of hydrogen-bond donors (Lipinski definition) is 3. The molecule has 0 spiro atoms. The SMILES string of the molecule is Cc1ccc(S(=O)(=O)NC(C(=O)NC(C)c2cccc(Cl)c2)C(C)O)cc1. The van der Waals surface area contributed by atoms with Gasteiger partial charge in [0.1, 0.15) is 6.04 Å². The maximum absolute atomic E-state index is 12.6. The van der Waals surface area contributed by atoms with Gasteiger partial charge in [0, 0.05) is 5.02 Å². The maximum atomic E-state index is 12.6. The zero-order chi connectivity index (χ0) is 20.2. The topological polar surface area (TPSA) is 95.5 Å². The summed E-state index contributed by atoms with van der Waals surface area (Å²) in [5, 5.41) is 13.2. The largest absolute Gasteiger partial charge is 0.391 e. The fraction of sp³-hybridized carbons (Fsp3) is 0.316. The van der Waals surface area contributed by atoms with Gasteiger partial charge in [-0.05, 0) is 50.6 Å². The highest BCUT2D eigenvalue weighted by atomic mass is 35.5. The molecule has 0 saturated heterocycles. The molecule has 3 atom stereocenters. The molecule has 146 valence electrons. The van der Waals surface area contributed by atoms with Crippen LogP contribution in [0.3, 0.4) is 0 Å². The van der Waals surface area contributed by atoms with Crippen LogP contribution in [-0.4, -0.2) is 31.6 Å². The highest BCUT2D eigenvalue weighted by molar-refractivity contribution is 7.89. The molecular weight excluding hydrogens is 388 g/mol. The molecule has 6 nitrogen and oxygen atoms in total. The Bertz CT molecular complexity index is 898. The Balaban J connectivity index is 2.16. The van der Waals surface area contributed by atoms with E-state index in [1.54, 1.807) is 43.3 Å². The molecule has 0 heterocycles. The lowest BCUT2D eigenvalue weighted by atomic mass is 10.1. The van der Waals surface area contributed by atoms with Crippen LogP contribution in [0.25, 0.3) is 0 Å². The van der Waals surface area contributed by atoms with Gasteiger partial charge in [-0.25, -0.2) is 8.42 Å². The van der Waals surface area contributed by atoms with Gasteiger partial charge in [0.25, 0.3) is 0 Å². The number of halogens is 1. The summed E-state index contributed by atoms with van der Waals surface area (Å²) < 4.78 is 27.4. The van der Waals surface area contributed by atoms with Gasteiger partial charge < -0.3 is 10.4 Å². The molecule has 8 heteroatoms. The number of aliphatic hydroxyl groups excluding tert-OH is 1. The number of aryl methyl sites for hydroxylation is 1. The average molecular weight is 411 g/mol. The molecule has 0 aliphatic heterocycles. The lowest BCUT2D eigenvalue weighted by Crippen LogP contribution is -2.52. The van der Waals surface area contributed by atoms with Crippen molar-refractivity contribution in [3.63, 3.8) is 0 Å². The van der Waals surface area contributed by atoms with E-state index in [9.17, 15) is 18.3 Å². The second-order valence-corrected chi connectivity index (χ2v) is 8.59. The van der Waals surface area contributed by atoms with Crippen LogP contribution in [0.2, 0.25) is 5.02 Å². The zero-order valence-corrected chi connectivity index (χ0v) is 16.9. The van der Waals surface area contributed by atoms with Crippen molar-refractivity contribution in [1.82, 2.24) is 10.0 Å². The molecule has 3 N–H and O–H groups in total. The number of sulfonamides is 1. The van der Waals surface area contributed by atoms with Crippen LogP contribution in [-0.2, 0) is 14.8 Å². The summed E-state index contributed by atoms with van der Waals surface area (Å²) in [6, 6.07) is 11.4. The third-order valence-electron chi connectivity index (χ3n) is 4.09.